The molecule has 5 heteroatoms. The van der Waals surface area contributed by atoms with Crippen LogP contribution in [0.2, 0.25) is 0 Å². The Morgan fingerprint density at radius 3 is 2.27 bits per heavy atom. The maximum atomic E-state index is 12.4. The zero-order valence-electron chi connectivity index (χ0n) is 13.1. The lowest BCUT2D eigenvalue weighted by Crippen LogP contribution is -1.92. The largest absolute Gasteiger partial charge is 0.497 e. The van der Waals surface area contributed by atoms with Gasteiger partial charge in [0.25, 0.3) is 0 Å². The van der Waals surface area contributed by atoms with Gasteiger partial charge in [-0.1, -0.05) is 18.2 Å². The highest BCUT2D eigenvalue weighted by Crippen LogP contribution is 2.50. The van der Waals surface area contributed by atoms with E-state index in [0.717, 1.165) is 22.1 Å². The quantitative estimate of drug-likeness (QED) is 0.667. The monoisotopic (exact) mass is 320 g/mol. The van der Waals surface area contributed by atoms with Gasteiger partial charge in [-0.2, -0.15) is 0 Å². The van der Waals surface area contributed by atoms with E-state index in [0.29, 0.717) is 13.2 Å². The Hall–Kier alpha value is -1.61. The van der Waals surface area contributed by atoms with E-state index in [-0.39, 0.29) is 0 Å². The van der Waals surface area contributed by atoms with E-state index in [1.54, 1.807) is 27.0 Å². The molecule has 0 atom stereocenters. The summed E-state index contributed by atoms with van der Waals surface area (Å²) in [6.07, 6.45) is 1.77. The van der Waals surface area contributed by atoms with Gasteiger partial charge in [-0.3, -0.25) is 4.57 Å². The van der Waals surface area contributed by atoms with Crippen molar-refractivity contribution >= 4 is 24.4 Å². The summed E-state index contributed by atoms with van der Waals surface area (Å²) in [6.45, 7) is 4.28. The third-order valence-electron chi connectivity index (χ3n) is 3.14. The van der Waals surface area contributed by atoms with Gasteiger partial charge in [0.2, 0.25) is 0 Å². The second-order valence-corrected chi connectivity index (χ2v) is 6.56. The standard InChI is InChI=1S/C17H21O4P/c1-4-20-22(18,21-5-2)11-10-14-6-7-16-13-17(19-3)9-8-15(16)12-14/h6-13H,4-5H2,1-3H3/b11-10-. The lowest BCUT2D eigenvalue weighted by molar-refractivity contribution is 0.229. The minimum atomic E-state index is -3.16. The molecular formula is C17H21O4P. The molecule has 118 valence electrons. The Balaban J connectivity index is 2.27. The Bertz CT molecular complexity index is 699. The first-order valence-electron chi connectivity index (χ1n) is 7.26. The van der Waals surface area contributed by atoms with Crippen molar-refractivity contribution in [1.82, 2.24) is 0 Å². The second-order valence-electron chi connectivity index (χ2n) is 4.66. The van der Waals surface area contributed by atoms with Crippen molar-refractivity contribution in [3.8, 4) is 5.75 Å². The number of hydrogen-bond acceptors (Lipinski definition) is 4. The van der Waals surface area contributed by atoms with Crippen LogP contribution in [0, 0.1) is 0 Å². The normalized spacial score (nSPS) is 12.1. The topological polar surface area (TPSA) is 44.8 Å². The van der Waals surface area contributed by atoms with Crippen molar-refractivity contribution in [2.24, 2.45) is 0 Å². The maximum Gasteiger partial charge on any atom is 0.354 e. The van der Waals surface area contributed by atoms with Crippen molar-refractivity contribution in [1.29, 1.82) is 0 Å². The fourth-order valence-corrected chi connectivity index (χ4v) is 3.45. The summed E-state index contributed by atoms with van der Waals surface area (Å²) in [5, 5.41) is 2.18. The fraction of sp³-hybridized carbons (Fsp3) is 0.294. The van der Waals surface area contributed by atoms with Crippen LogP contribution in [0.1, 0.15) is 19.4 Å². The van der Waals surface area contributed by atoms with E-state index in [1.807, 2.05) is 36.4 Å². The molecule has 0 bridgehead atoms. The van der Waals surface area contributed by atoms with Crippen molar-refractivity contribution in [2.45, 2.75) is 13.8 Å². The number of ether oxygens (including phenoxy) is 1. The first kappa shape index (κ1) is 16.8. The Morgan fingerprint density at radius 1 is 1.00 bits per heavy atom. The molecule has 0 aliphatic rings. The molecule has 0 saturated carbocycles. The summed E-state index contributed by atoms with van der Waals surface area (Å²) in [7, 11) is -1.51. The van der Waals surface area contributed by atoms with Gasteiger partial charge in [0.1, 0.15) is 5.75 Å². The number of methoxy groups -OCH3 is 1. The molecule has 0 N–H and O–H groups in total. The third kappa shape index (κ3) is 4.20. The first-order chi connectivity index (χ1) is 10.6. The van der Waals surface area contributed by atoms with Crippen LogP contribution in [0.3, 0.4) is 0 Å². The zero-order chi connectivity index (χ0) is 16.0. The number of rotatable bonds is 7. The molecule has 0 fully saturated rings. The van der Waals surface area contributed by atoms with Crippen LogP contribution in [-0.4, -0.2) is 20.3 Å². The molecule has 0 aromatic heterocycles. The molecule has 22 heavy (non-hydrogen) atoms. The average Bonchev–Trinajstić information content (AvgIpc) is 2.53. The molecule has 0 unspecified atom stereocenters. The van der Waals surface area contributed by atoms with Crippen LogP contribution in [0.4, 0.5) is 0 Å². The van der Waals surface area contributed by atoms with Gasteiger partial charge < -0.3 is 13.8 Å². The van der Waals surface area contributed by atoms with Gasteiger partial charge in [0, 0.05) is 5.82 Å². The minimum absolute atomic E-state index is 0.346. The maximum absolute atomic E-state index is 12.4. The van der Waals surface area contributed by atoms with E-state index in [1.165, 1.54) is 5.82 Å². The highest BCUT2D eigenvalue weighted by Gasteiger charge is 2.18. The molecule has 0 radical (unpaired) electrons. The Labute approximate surface area is 131 Å². The van der Waals surface area contributed by atoms with Crippen molar-refractivity contribution in [3.63, 3.8) is 0 Å². The van der Waals surface area contributed by atoms with Crippen molar-refractivity contribution in [2.75, 3.05) is 20.3 Å². The summed E-state index contributed by atoms with van der Waals surface area (Å²) in [5.41, 5.74) is 0.942. The number of fused-ring (bicyclic) bond motifs is 1. The number of benzene rings is 2. The molecule has 0 spiro atoms. The van der Waals surface area contributed by atoms with Gasteiger partial charge >= 0.3 is 7.60 Å². The SMILES string of the molecule is CCOP(=O)(/C=C\c1ccc2cc(OC)ccc2c1)OCC. The van der Waals surface area contributed by atoms with Crippen LogP contribution in [0.25, 0.3) is 16.8 Å². The molecule has 2 aromatic carbocycles. The molecule has 0 amide bonds. The van der Waals surface area contributed by atoms with Crippen LogP contribution in [-0.2, 0) is 13.6 Å². The summed E-state index contributed by atoms with van der Waals surface area (Å²) in [4.78, 5) is 0. The summed E-state index contributed by atoms with van der Waals surface area (Å²) >= 11 is 0. The highest BCUT2D eigenvalue weighted by molar-refractivity contribution is 7.57. The van der Waals surface area contributed by atoms with E-state index in [4.69, 9.17) is 13.8 Å². The third-order valence-corrected chi connectivity index (χ3v) is 4.89. The fourth-order valence-electron chi connectivity index (χ4n) is 2.13. The predicted molar refractivity (Wildman–Crippen MR) is 90.4 cm³/mol. The predicted octanol–water partition coefficient (Wildman–Crippen LogP) is 5.09. The highest BCUT2D eigenvalue weighted by atomic mass is 31.2. The molecule has 0 aliphatic carbocycles. The lowest BCUT2D eigenvalue weighted by atomic mass is 10.1. The average molecular weight is 320 g/mol. The molecule has 0 saturated heterocycles. The first-order valence-corrected chi connectivity index (χ1v) is 8.87. The van der Waals surface area contributed by atoms with Gasteiger partial charge in [-0.05, 0) is 54.5 Å². The molecule has 0 aliphatic heterocycles. The van der Waals surface area contributed by atoms with Crippen molar-refractivity contribution < 1.29 is 18.3 Å². The van der Waals surface area contributed by atoms with E-state index in [9.17, 15) is 4.57 Å². The van der Waals surface area contributed by atoms with Crippen LogP contribution >= 0.6 is 7.60 Å². The van der Waals surface area contributed by atoms with Gasteiger partial charge in [0.15, 0.2) is 0 Å². The Morgan fingerprint density at radius 2 is 1.64 bits per heavy atom. The summed E-state index contributed by atoms with van der Waals surface area (Å²) < 4.78 is 28.1. The summed E-state index contributed by atoms with van der Waals surface area (Å²) in [6, 6.07) is 11.9. The van der Waals surface area contributed by atoms with Crippen LogP contribution in [0.15, 0.2) is 42.2 Å². The molecule has 2 rings (SSSR count). The molecule has 2 aromatic rings. The van der Waals surface area contributed by atoms with Gasteiger partial charge in [0.05, 0.1) is 20.3 Å². The van der Waals surface area contributed by atoms with E-state index >= 15 is 0 Å². The van der Waals surface area contributed by atoms with E-state index in [2.05, 4.69) is 0 Å². The summed E-state index contributed by atoms with van der Waals surface area (Å²) in [5.74, 6) is 2.35. The van der Waals surface area contributed by atoms with Crippen LogP contribution in [0.5, 0.6) is 5.75 Å². The van der Waals surface area contributed by atoms with Gasteiger partial charge in [-0.25, -0.2) is 0 Å². The lowest BCUT2D eigenvalue weighted by Gasteiger charge is -2.12. The number of hydrogen-bond donors (Lipinski definition) is 0. The van der Waals surface area contributed by atoms with Gasteiger partial charge in [-0.15, -0.1) is 0 Å². The van der Waals surface area contributed by atoms with E-state index < -0.39 is 7.60 Å². The Kier molecular flexibility index (Phi) is 5.78. The smallest absolute Gasteiger partial charge is 0.354 e. The minimum Gasteiger partial charge on any atom is -0.497 e. The van der Waals surface area contributed by atoms with Crippen molar-refractivity contribution in [3.05, 3.63) is 47.8 Å². The molecule has 0 heterocycles. The molecule has 4 nitrogen and oxygen atoms in total. The molecular weight excluding hydrogens is 299 g/mol. The second kappa shape index (κ2) is 7.59. The zero-order valence-corrected chi connectivity index (χ0v) is 14.0. The van der Waals surface area contributed by atoms with Crippen LogP contribution < -0.4 is 4.74 Å².